The van der Waals surface area contributed by atoms with Crippen molar-refractivity contribution >= 4 is 100 Å². The summed E-state index contributed by atoms with van der Waals surface area (Å²) >= 11 is 15.9. The van der Waals surface area contributed by atoms with E-state index in [1.807, 2.05) is 36.4 Å². The first-order valence-corrected chi connectivity index (χ1v) is 16.3. The third-order valence-corrected chi connectivity index (χ3v) is 8.62. The highest BCUT2D eigenvalue weighted by Crippen LogP contribution is 2.55. The quantitative estimate of drug-likeness (QED) is 0.0563. The van der Waals surface area contributed by atoms with E-state index in [0.717, 1.165) is 24.6 Å². The molecule has 2 aromatic rings. The number of esters is 2. The van der Waals surface area contributed by atoms with Crippen LogP contribution in [0.4, 0.5) is 0 Å². The zero-order valence-corrected chi connectivity index (χ0v) is 28.6. The van der Waals surface area contributed by atoms with E-state index in [2.05, 4.69) is 49.9 Å². The third-order valence-electron chi connectivity index (χ3n) is 4.02. The van der Waals surface area contributed by atoms with Crippen LogP contribution < -0.4 is 0 Å². The second-order valence-corrected chi connectivity index (χ2v) is 12.6. The van der Waals surface area contributed by atoms with Crippen LogP contribution in [0.2, 0.25) is 0 Å². The number of carbonyl (C=O) groups is 3. The molecule has 0 amide bonds. The highest BCUT2D eigenvalue weighted by molar-refractivity contribution is 14.1. The monoisotopic (exact) mass is 826 g/mol. The van der Waals surface area contributed by atoms with Crippen LogP contribution in [0.1, 0.15) is 43.6 Å². The molecule has 1 unspecified atom stereocenters. The number of alkyl halides is 1. The first-order valence-electron chi connectivity index (χ1n) is 11.7. The number of halogens is 4. The fourth-order valence-corrected chi connectivity index (χ4v) is 5.06. The average molecular weight is 827 g/mol. The van der Waals surface area contributed by atoms with Crippen molar-refractivity contribution in [3.05, 3.63) is 71.8 Å². The molecular weight excluding hydrogens is 796 g/mol. The van der Waals surface area contributed by atoms with E-state index in [1.54, 1.807) is 45.9 Å². The van der Waals surface area contributed by atoms with E-state index in [1.165, 1.54) is 0 Å². The van der Waals surface area contributed by atoms with Gasteiger partial charge >= 0.3 is 19.5 Å². The maximum Gasteiger partial charge on any atom is 0.359 e. The molecule has 0 radical (unpaired) electrons. The minimum atomic E-state index is -3.61. The molecule has 0 aliphatic heterocycles. The molecule has 8 nitrogen and oxygen atoms in total. The van der Waals surface area contributed by atoms with Gasteiger partial charge in [0.05, 0.1) is 26.4 Å². The van der Waals surface area contributed by atoms with Crippen LogP contribution in [0.3, 0.4) is 0 Å². The van der Waals surface area contributed by atoms with Gasteiger partial charge < -0.3 is 18.5 Å². The fraction of sp³-hybridized carbons (Fsp3) is 0.346. The predicted octanol–water partition coefficient (Wildman–Crippen LogP) is 7.92. The van der Waals surface area contributed by atoms with Crippen molar-refractivity contribution in [2.45, 2.75) is 32.8 Å². The van der Waals surface area contributed by atoms with Gasteiger partial charge in [0.2, 0.25) is 5.12 Å². The molecule has 0 aromatic heterocycles. The van der Waals surface area contributed by atoms with E-state index in [4.69, 9.17) is 37.0 Å². The van der Waals surface area contributed by atoms with Crippen LogP contribution in [-0.4, -0.2) is 49.8 Å². The smallest absolute Gasteiger partial charge is 0.359 e. The molecule has 0 heterocycles. The van der Waals surface area contributed by atoms with Crippen LogP contribution in [-0.2, 0) is 32.7 Å². The summed E-state index contributed by atoms with van der Waals surface area (Å²) in [5, 5.41) is -1.31. The van der Waals surface area contributed by atoms with Crippen molar-refractivity contribution in [1.82, 2.24) is 0 Å². The van der Waals surface area contributed by atoms with Gasteiger partial charge in [-0.2, -0.15) is 0 Å². The molecule has 0 aliphatic carbocycles. The largest absolute Gasteiger partial charge is 0.464 e. The van der Waals surface area contributed by atoms with Gasteiger partial charge in [0.1, 0.15) is 11.3 Å². The minimum Gasteiger partial charge on any atom is -0.464 e. The van der Waals surface area contributed by atoms with Crippen LogP contribution >= 0.6 is 76.0 Å². The first kappa shape index (κ1) is 38.0. The van der Waals surface area contributed by atoms with Crippen molar-refractivity contribution < 1.29 is 37.5 Å². The second kappa shape index (κ2) is 21.7. The lowest BCUT2D eigenvalue weighted by molar-refractivity contribution is -0.141. The van der Waals surface area contributed by atoms with Crippen LogP contribution in [0.5, 0.6) is 0 Å². The summed E-state index contributed by atoms with van der Waals surface area (Å²) in [7, 11) is -3.61. The van der Waals surface area contributed by atoms with Crippen LogP contribution in [0, 0.1) is 7.14 Å². The number of hydrogen-bond acceptors (Lipinski definition) is 8. The SMILES string of the molecule is CCOC(=O)C(Cl)=Cc1ccc(I)cc1.CCOC(=O)C(Cl)P(=O)(OCC)OCC.O=Cc1ccc(I)cc1. The molecule has 0 bridgehead atoms. The summed E-state index contributed by atoms with van der Waals surface area (Å²) < 4.78 is 33.4. The number of ether oxygens (including phenoxy) is 2. The highest BCUT2D eigenvalue weighted by atomic mass is 127. The van der Waals surface area contributed by atoms with Gasteiger partial charge in [-0.05, 0) is 109 Å². The molecular formula is C26H31Cl2I2O8P. The summed E-state index contributed by atoms with van der Waals surface area (Å²) in [6, 6.07) is 15.1. The zero-order valence-electron chi connectivity index (χ0n) is 21.9. The maximum atomic E-state index is 12.0. The summed E-state index contributed by atoms with van der Waals surface area (Å²) in [5.74, 6) is -1.28. The molecule has 0 saturated carbocycles. The van der Waals surface area contributed by atoms with Crippen molar-refractivity contribution in [3.8, 4) is 0 Å². The Labute approximate surface area is 266 Å². The summed E-state index contributed by atoms with van der Waals surface area (Å²) in [6.45, 7) is 7.46. The Kier molecular flexibility index (Phi) is 21.1. The van der Waals surface area contributed by atoms with Gasteiger partial charge in [0.25, 0.3) is 0 Å². The lowest BCUT2D eigenvalue weighted by atomic mass is 10.2. The molecule has 216 valence electrons. The highest BCUT2D eigenvalue weighted by Gasteiger charge is 2.40. The third kappa shape index (κ3) is 16.1. The van der Waals surface area contributed by atoms with Gasteiger partial charge in [-0.15, -0.1) is 0 Å². The number of carbonyl (C=O) groups excluding carboxylic acids is 3. The molecule has 0 saturated heterocycles. The fourth-order valence-electron chi connectivity index (χ4n) is 2.37. The van der Waals surface area contributed by atoms with Crippen molar-refractivity contribution in [1.29, 1.82) is 0 Å². The molecule has 0 N–H and O–H groups in total. The molecule has 0 fully saturated rings. The van der Waals surface area contributed by atoms with Crippen molar-refractivity contribution in [3.63, 3.8) is 0 Å². The molecule has 2 aromatic carbocycles. The van der Waals surface area contributed by atoms with Gasteiger partial charge in [0.15, 0.2) is 0 Å². The molecule has 0 aliphatic rings. The van der Waals surface area contributed by atoms with Crippen molar-refractivity contribution in [2.24, 2.45) is 0 Å². The van der Waals surface area contributed by atoms with E-state index >= 15 is 0 Å². The lowest BCUT2D eigenvalue weighted by Gasteiger charge is -2.20. The Morgan fingerprint density at radius 1 is 0.821 bits per heavy atom. The van der Waals surface area contributed by atoms with Gasteiger partial charge in [-0.3, -0.25) is 9.36 Å². The topological polar surface area (TPSA) is 105 Å². The Bertz CT molecular complexity index is 1090. The molecule has 0 spiro atoms. The molecule has 2 rings (SSSR count). The zero-order chi connectivity index (χ0) is 29.8. The van der Waals surface area contributed by atoms with Gasteiger partial charge in [0, 0.05) is 12.7 Å². The molecule has 13 heteroatoms. The minimum absolute atomic E-state index is 0.0954. The summed E-state index contributed by atoms with van der Waals surface area (Å²) in [5.41, 5.74) is 1.61. The van der Waals surface area contributed by atoms with E-state index in [9.17, 15) is 18.9 Å². The second-order valence-electron chi connectivity index (χ2n) is 6.90. The Morgan fingerprint density at radius 3 is 1.64 bits per heavy atom. The summed E-state index contributed by atoms with van der Waals surface area (Å²) in [6.07, 6.45) is 2.44. The van der Waals surface area contributed by atoms with Gasteiger partial charge in [-0.25, -0.2) is 9.59 Å². The normalized spacial score (nSPS) is 11.6. The van der Waals surface area contributed by atoms with E-state index in [-0.39, 0.29) is 24.9 Å². The van der Waals surface area contributed by atoms with E-state index in [0.29, 0.717) is 6.61 Å². The average Bonchev–Trinajstić information content (AvgIpc) is 2.91. The maximum absolute atomic E-state index is 12.0. The molecule has 1 atom stereocenters. The number of benzene rings is 2. The van der Waals surface area contributed by atoms with Crippen LogP contribution in [0.15, 0.2) is 53.6 Å². The Morgan fingerprint density at radius 2 is 1.26 bits per heavy atom. The Hall–Kier alpha value is -1.02. The standard InChI is InChI=1S/C11H10ClIO2.C8H16ClO5P.C7H5IO/c1-2-15-11(14)10(12)7-8-3-5-9(13)6-4-8;1-4-12-8(10)7(9)15(11,13-5-2)14-6-3;8-7-3-1-6(5-9)2-4-7/h3-7H,2H2,1H3;7H,4-6H2,1-3H3;1-5H. The van der Waals surface area contributed by atoms with Gasteiger partial charge in [-0.1, -0.05) is 47.5 Å². The predicted molar refractivity (Wildman–Crippen MR) is 171 cm³/mol. The number of aldehydes is 1. The van der Waals surface area contributed by atoms with Crippen LogP contribution in [0.25, 0.3) is 6.08 Å². The first-order chi connectivity index (χ1) is 18.5. The summed E-state index contributed by atoms with van der Waals surface area (Å²) in [4.78, 5) is 32.6. The molecule has 39 heavy (non-hydrogen) atoms. The lowest BCUT2D eigenvalue weighted by Crippen LogP contribution is -2.20. The number of rotatable bonds is 11. The van der Waals surface area contributed by atoms with E-state index < -0.39 is 24.7 Å². The number of hydrogen-bond donors (Lipinski definition) is 0. The Balaban J connectivity index is 0.000000573. The van der Waals surface area contributed by atoms with Crippen molar-refractivity contribution in [2.75, 3.05) is 26.4 Å².